The molecule has 0 saturated heterocycles. The molecule has 3 nitrogen and oxygen atoms in total. The zero-order valence-electron chi connectivity index (χ0n) is 12.2. The molecule has 0 atom stereocenters. The van der Waals surface area contributed by atoms with Crippen molar-refractivity contribution in [1.29, 1.82) is 0 Å². The van der Waals surface area contributed by atoms with E-state index in [0.717, 1.165) is 24.8 Å². The van der Waals surface area contributed by atoms with Crippen molar-refractivity contribution in [1.82, 2.24) is 0 Å². The Hall–Kier alpha value is -2.29. The van der Waals surface area contributed by atoms with E-state index in [0.29, 0.717) is 17.9 Å². The molecule has 2 aromatic carbocycles. The first-order valence-electron chi connectivity index (χ1n) is 7.28. The van der Waals surface area contributed by atoms with Crippen molar-refractivity contribution in [3.63, 3.8) is 0 Å². The first-order valence-corrected chi connectivity index (χ1v) is 7.28. The standard InChI is InChI=1S/C18H20O3/c1-2-3-7-13-21-16-12-8-11-15(18(19)20)17(16)14-9-5-4-6-10-14/h4-6,8-12H,2-3,7,13H2,1H3,(H,19,20). The van der Waals surface area contributed by atoms with E-state index in [1.165, 1.54) is 0 Å². The Balaban J connectivity index is 2.36. The molecule has 2 aromatic rings. The van der Waals surface area contributed by atoms with Gasteiger partial charge in [0, 0.05) is 5.56 Å². The molecule has 2 rings (SSSR count). The maximum absolute atomic E-state index is 11.5. The Morgan fingerprint density at radius 1 is 1.05 bits per heavy atom. The topological polar surface area (TPSA) is 46.5 Å². The number of carboxylic acid groups (broad SMARTS) is 1. The molecule has 21 heavy (non-hydrogen) atoms. The second-order valence-corrected chi connectivity index (χ2v) is 4.91. The minimum Gasteiger partial charge on any atom is -0.493 e. The van der Waals surface area contributed by atoms with Crippen molar-refractivity contribution in [2.75, 3.05) is 6.61 Å². The van der Waals surface area contributed by atoms with Crippen LogP contribution in [0, 0.1) is 0 Å². The summed E-state index contributed by atoms with van der Waals surface area (Å²) in [5, 5.41) is 9.41. The normalized spacial score (nSPS) is 10.3. The fraction of sp³-hybridized carbons (Fsp3) is 0.278. The molecular weight excluding hydrogens is 264 g/mol. The van der Waals surface area contributed by atoms with Gasteiger partial charge in [-0.2, -0.15) is 0 Å². The van der Waals surface area contributed by atoms with Gasteiger partial charge in [0.05, 0.1) is 12.2 Å². The van der Waals surface area contributed by atoms with Crippen LogP contribution in [0.2, 0.25) is 0 Å². The summed E-state index contributed by atoms with van der Waals surface area (Å²) >= 11 is 0. The number of hydrogen-bond donors (Lipinski definition) is 1. The van der Waals surface area contributed by atoms with Crippen LogP contribution in [-0.2, 0) is 0 Å². The lowest BCUT2D eigenvalue weighted by molar-refractivity contribution is 0.0697. The molecule has 0 fully saturated rings. The second kappa shape index (κ2) is 7.48. The first-order chi connectivity index (χ1) is 10.2. The van der Waals surface area contributed by atoms with Gasteiger partial charge in [0.1, 0.15) is 5.75 Å². The zero-order valence-corrected chi connectivity index (χ0v) is 12.2. The summed E-state index contributed by atoms with van der Waals surface area (Å²) in [6.07, 6.45) is 3.21. The van der Waals surface area contributed by atoms with E-state index in [1.807, 2.05) is 36.4 Å². The Morgan fingerprint density at radius 3 is 2.48 bits per heavy atom. The van der Waals surface area contributed by atoms with Gasteiger partial charge in [-0.15, -0.1) is 0 Å². The number of ether oxygens (including phenoxy) is 1. The lowest BCUT2D eigenvalue weighted by Crippen LogP contribution is -2.04. The molecule has 1 N–H and O–H groups in total. The van der Waals surface area contributed by atoms with Crippen molar-refractivity contribution >= 4 is 5.97 Å². The van der Waals surface area contributed by atoms with Gasteiger partial charge < -0.3 is 9.84 Å². The first kappa shape index (κ1) is 15.1. The molecule has 0 aliphatic rings. The van der Waals surface area contributed by atoms with E-state index in [9.17, 15) is 9.90 Å². The predicted molar refractivity (Wildman–Crippen MR) is 83.9 cm³/mol. The number of carbonyl (C=O) groups is 1. The van der Waals surface area contributed by atoms with E-state index in [4.69, 9.17) is 4.74 Å². The molecule has 0 spiro atoms. The molecule has 0 aliphatic heterocycles. The lowest BCUT2D eigenvalue weighted by Gasteiger charge is -2.14. The van der Waals surface area contributed by atoms with Gasteiger partial charge in [-0.25, -0.2) is 4.79 Å². The van der Waals surface area contributed by atoms with Gasteiger partial charge in [0.25, 0.3) is 0 Å². The highest BCUT2D eigenvalue weighted by atomic mass is 16.5. The summed E-state index contributed by atoms with van der Waals surface area (Å²) in [6, 6.07) is 14.7. The number of unbranched alkanes of at least 4 members (excludes halogenated alkanes) is 2. The average Bonchev–Trinajstić information content (AvgIpc) is 2.52. The van der Waals surface area contributed by atoms with Crippen molar-refractivity contribution in [2.24, 2.45) is 0 Å². The molecule has 3 heteroatoms. The third-order valence-corrected chi connectivity index (χ3v) is 3.32. The molecule has 0 unspecified atom stereocenters. The minimum absolute atomic E-state index is 0.272. The molecule has 110 valence electrons. The Labute approximate surface area is 125 Å². The number of carboxylic acids is 1. The SMILES string of the molecule is CCCCCOc1cccc(C(=O)O)c1-c1ccccc1. The molecule has 0 bridgehead atoms. The zero-order chi connectivity index (χ0) is 15.1. The van der Waals surface area contributed by atoms with Crippen LogP contribution < -0.4 is 4.74 Å². The second-order valence-electron chi connectivity index (χ2n) is 4.91. The molecule has 0 heterocycles. The number of hydrogen-bond acceptors (Lipinski definition) is 2. The third kappa shape index (κ3) is 3.85. The van der Waals surface area contributed by atoms with Crippen LogP contribution >= 0.6 is 0 Å². The number of benzene rings is 2. The van der Waals surface area contributed by atoms with Crippen LogP contribution in [-0.4, -0.2) is 17.7 Å². The van der Waals surface area contributed by atoms with Crippen LogP contribution in [0.3, 0.4) is 0 Å². The summed E-state index contributed by atoms with van der Waals surface area (Å²) < 4.78 is 5.82. The fourth-order valence-corrected chi connectivity index (χ4v) is 2.27. The quantitative estimate of drug-likeness (QED) is 0.754. The van der Waals surface area contributed by atoms with E-state index in [1.54, 1.807) is 12.1 Å². The van der Waals surface area contributed by atoms with Gasteiger partial charge >= 0.3 is 5.97 Å². The summed E-state index contributed by atoms with van der Waals surface area (Å²) in [5.41, 5.74) is 1.79. The van der Waals surface area contributed by atoms with Crippen LogP contribution in [0.25, 0.3) is 11.1 Å². The summed E-state index contributed by atoms with van der Waals surface area (Å²) in [7, 11) is 0. The largest absolute Gasteiger partial charge is 0.493 e. The Kier molecular flexibility index (Phi) is 5.38. The maximum Gasteiger partial charge on any atom is 0.336 e. The highest BCUT2D eigenvalue weighted by molar-refractivity contribution is 5.98. The maximum atomic E-state index is 11.5. The molecule has 0 aromatic heterocycles. The highest BCUT2D eigenvalue weighted by Gasteiger charge is 2.16. The van der Waals surface area contributed by atoms with Crippen LogP contribution in [0.1, 0.15) is 36.5 Å². The van der Waals surface area contributed by atoms with Gasteiger partial charge in [0.2, 0.25) is 0 Å². The predicted octanol–water partition coefficient (Wildman–Crippen LogP) is 4.62. The molecule has 0 amide bonds. The molecule has 0 saturated carbocycles. The van der Waals surface area contributed by atoms with Gasteiger partial charge in [-0.3, -0.25) is 0 Å². The van der Waals surface area contributed by atoms with Crippen molar-refractivity contribution < 1.29 is 14.6 Å². The van der Waals surface area contributed by atoms with E-state index in [2.05, 4.69) is 6.92 Å². The molecule has 0 aliphatic carbocycles. The average molecular weight is 284 g/mol. The van der Waals surface area contributed by atoms with Gasteiger partial charge in [-0.05, 0) is 24.1 Å². The Bertz CT molecular complexity index is 591. The van der Waals surface area contributed by atoms with Crippen molar-refractivity contribution in [3.05, 3.63) is 54.1 Å². The van der Waals surface area contributed by atoms with E-state index in [-0.39, 0.29) is 5.56 Å². The number of rotatable bonds is 7. The highest BCUT2D eigenvalue weighted by Crippen LogP contribution is 2.33. The van der Waals surface area contributed by atoms with Crippen LogP contribution in [0.15, 0.2) is 48.5 Å². The van der Waals surface area contributed by atoms with Crippen LogP contribution in [0.5, 0.6) is 5.75 Å². The summed E-state index contributed by atoms with van der Waals surface area (Å²) in [6.45, 7) is 2.75. The lowest BCUT2D eigenvalue weighted by atomic mass is 9.98. The van der Waals surface area contributed by atoms with Gasteiger partial charge in [0.15, 0.2) is 0 Å². The van der Waals surface area contributed by atoms with Crippen molar-refractivity contribution in [3.8, 4) is 16.9 Å². The smallest absolute Gasteiger partial charge is 0.336 e. The van der Waals surface area contributed by atoms with Gasteiger partial charge in [-0.1, -0.05) is 56.2 Å². The minimum atomic E-state index is -0.937. The third-order valence-electron chi connectivity index (χ3n) is 3.32. The molecule has 0 radical (unpaired) electrons. The molecular formula is C18H20O3. The summed E-state index contributed by atoms with van der Waals surface area (Å²) in [5.74, 6) is -0.301. The van der Waals surface area contributed by atoms with E-state index < -0.39 is 5.97 Å². The summed E-state index contributed by atoms with van der Waals surface area (Å²) in [4.78, 5) is 11.5. The van der Waals surface area contributed by atoms with Crippen molar-refractivity contribution in [2.45, 2.75) is 26.2 Å². The fourth-order valence-electron chi connectivity index (χ4n) is 2.27. The van der Waals surface area contributed by atoms with Crippen LogP contribution in [0.4, 0.5) is 0 Å². The Morgan fingerprint density at radius 2 is 1.81 bits per heavy atom. The monoisotopic (exact) mass is 284 g/mol. The van der Waals surface area contributed by atoms with E-state index >= 15 is 0 Å². The number of aromatic carboxylic acids is 1.